The molecule has 0 bridgehead atoms. The summed E-state index contributed by atoms with van der Waals surface area (Å²) in [5, 5.41) is 6.87. The van der Waals surface area contributed by atoms with E-state index in [0.29, 0.717) is 18.6 Å². The number of halogens is 2. The van der Waals surface area contributed by atoms with Crippen molar-refractivity contribution in [3.63, 3.8) is 0 Å². The molecule has 0 radical (unpaired) electrons. The van der Waals surface area contributed by atoms with Crippen molar-refractivity contribution < 1.29 is 4.39 Å². The van der Waals surface area contributed by atoms with Crippen LogP contribution in [0.2, 0.25) is 5.02 Å². The van der Waals surface area contributed by atoms with E-state index in [-0.39, 0.29) is 5.02 Å². The van der Waals surface area contributed by atoms with Gasteiger partial charge in [0.1, 0.15) is 5.82 Å². The summed E-state index contributed by atoms with van der Waals surface area (Å²) >= 11 is 5.80. The van der Waals surface area contributed by atoms with Crippen molar-refractivity contribution in [3.8, 4) is 0 Å². The van der Waals surface area contributed by atoms with Gasteiger partial charge in [0.2, 0.25) is 0 Å². The fourth-order valence-corrected chi connectivity index (χ4v) is 2.99. The van der Waals surface area contributed by atoms with Crippen molar-refractivity contribution in [2.75, 3.05) is 20.1 Å². The van der Waals surface area contributed by atoms with Crippen molar-refractivity contribution in [1.29, 1.82) is 0 Å². The first-order chi connectivity index (χ1) is 11.0. The third kappa shape index (κ3) is 5.36. The lowest BCUT2D eigenvalue weighted by Gasteiger charge is -2.35. The second-order valence-corrected chi connectivity index (χ2v) is 6.63. The Labute approximate surface area is 143 Å². The van der Waals surface area contributed by atoms with Crippen LogP contribution in [0.5, 0.6) is 0 Å². The van der Waals surface area contributed by atoms with Crippen LogP contribution in [-0.4, -0.2) is 43.1 Å². The SMILES string of the molecule is CN=C(NCc1ccc(F)c(Cl)c1)NC1CCN(C(C)C)CC1. The quantitative estimate of drug-likeness (QED) is 0.654. The van der Waals surface area contributed by atoms with Crippen LogP contribution in [0.3, 0.4) is 0 Å². The van der Waals surface area contributed by atoms with Gasteiger partial charge < -0.3 is 15.5 Å². The Morgan fingerprint density at radius 2 is 2.09 bits per heavy atom. The number of guanidine groups is 1. The largest absolute Gasteiger partial charge is 0.354 e. The lowest BCUT2D eigenvalue weighted by Crippen LogP contribution is -2.49. The maximum atomic E-state index is 13.2. The van der Waals surface area contributed by atoms with Crippen LogP contribution in [0, 0.1) is 5.82 Å². The van der Waals surface area contributed by atoms with E-state index < -0.39 is 5.82 Å². The molecule has 0 saturated carbocycles. The van der Waals surface area contributed by atoms with Crippen LogP contribution in [0.25, 0.3) is 0 Å². The van der Waals surface area contributed by atoms with Gasteiger partial charge in [0.15, 0.2) is 5.96 Å². The first-order valence-electron chi connectivity index (χ1n) is 8.14. The van der Waals surface area contributed by atoms with Crippen molar-refractivity contribution in [2.45, 2.75) is 45.3 Å². The molecule has 128 valence electrons. The fourth-order valence-electron chi connectivity index (χ4n) is 2.78. The van der Waals surface area contributed by atoms with E-state index in [9.17, 15) is 4.39 Å². The summed E-state index contributed by atoms with van der Waals surface area (Å²) in [6, 6.07) is 5.79. The number of nitrogens with zero attached hydrogens (tertiary/aromatic N) is 2. The highest BCUT2D eigenvalue weighted by atomic mass is 35.5. The van der Waals surface area contributed by atoms with Gasteiger partial charge in [-0.3, -0.25) is 4.99 Å². The summed E-state index contributed by atoms with van der Waals surface area (Å²) < 4.78 is 13.2. The molecular formula is C17H26ClFN4. The molecule has 0 amide bonds. The third-order valence-electron chi connectivity index (χ3n) is 4.27. The van der Waals surface area contributed by atoms with Crippen LogP contribution in [0.1, 0.15) is 32.3 Å². The molecule has 0 aliphatic carbocycles. The molecule has 0 atom stereocenters. The predicted octanol–water partition coefficient (Wildman–Crippen LogP) is 3.02. The fraction of sp³-hybridized carbons (Fsp3) is 0.588. The van der Waals surface area contributed by atoms with Crippen molar-refractivity contribution in [3.05, 3.63) is 34.6 Å². The van der Waals surface area contributed by atoms with Crippen LogP contribution in [0.15, 0.2) is 23.2 Å². The maximum absolute atomic E-state index is 13.2. The first-order valence-corrected chi connectivity index (χ1v) is 8.52. The van der Waals surface area contributed by atoms with E-state index in [1.54, 1.807) is 19.2 Å². The van der Waals surface area contributed by atoms with E-state index >= 15 is 0 Å². The smallest absolute Gasteiger partial charge is 0.191 e. The average Bonchev–Trinajstić information content (AvgIpc) is 2.55. The summed E-state index contributed by atoms with van der Waals surface area (Å²) in [7, 11) is 1.76. The molecule has 2 rings (SSSR count). The molecule has 0 aromatic heterocycles. The molecule has 1 aromatic rings. The Bertz CT molecular complexity index is 539. The van der Waals surface area contributed by atoms with Crippen molar-refractivity contribution >= 4 is 17.6 Å². The molecule has 1 aromatic carbocycles. The number of likely N-dealkylation sites (tertiary alicyclic amines) is 1. The normalized spacial score (nSPS) is 17.6. The Morgan fingerprint density at radius 1 is 1.39 bits per heavy atom. The molecular weight excluding hydrogens is 315 g/mol. The Morgan fingerprint density at radius 3 is 2.65 bits per heavy atom. The molecule has 2 N–H and O–H groups in total. The summed E-state index contributed by atoms with van der Waals surface area (Å²) in [5.41, 5.74) is 0.925. The number of aliphatic imine (C=N–C) groups is 1. The van der Waals surface area contributed by atoms with E-state index in [1.165, 1.54) is 6.07 Å². The number of rotatable bonds is 4. The summed E-state index contributed by atoms with van der Waals surface area (Å²) in [6.07, 6.45) is 2.22. The molecule has 1 saturated heterocycles. The molecule has 1 fully saturated rings. The van der Waals surface area contributed by atoms with Crippen molar-refractivity contribution in [1.82, 2.24) is 15.5 Å². The van der Waals surface area contributed by atoms with E-state index in [1.807, 2.05) is 0 Å². The highest BCUT2D eigenvalue weighted by molar-refractivity contribution is 6.30. The number of hydrogen-bond acceptors (Lipinski definition) is 2. The van der Waals surface area contributed by atoms with Gasteiger partial charge in [-0.2, -0.15) is 0 Å². The van der Waals surface area contributed by atoms with Gasteiger partial charge in [-0.1, -0.05) is 17.7 Å². The Kier molecular flexibility index (Phi) is 6.66. The minimum absolute atomic E-state index is 0.147. The number of nitrogens with one attached hydrogen (secondary N) is 2. The molecule has 6 heteroatoms. The summed E-state index contributed by atoms with van der Waals surface area (Å²) in [5.74, 6) is 0.378. The van der Waals surface area contributed by atoms with Gasteiger partial charge in [0.25, 0.3) is 0 Å². The lowest BCUT2D eigenvalue weighted by atomic mass is 10.0. The summed E-state index contributed by atoms with van der Waals surface area (Å²) in [4.78, 5) is 6.76. The highest BCUT2D eigenvalue weighted by Gasteiger charge is 2.21. The zero-order chi connectivity index (χ0) is 16.8. The first kappa shape index (κ1) is 18.0. The third-order valence-corrected chi connectivity index (χ3v) is 4.56. The van der Waals surface area contributed by atoms with Gasteiger partial charge in [0.05, 0.1) is 5.02 Å². The van der Waals surface area contributed by atoms with Gasteiger partial charge in [-0.25, -0.2) is 4.39 Å². The van der Waals surface area contributed by atoms with Gasteiger partial charge >= 0.3 is 0 Å². The van der Waals surface area contributed by atoms with Crippen LogP contribution < -0.4 is 10.6 Å². The van der Waals surface area contributed by atoms with Crippen LogP contribution in [0.4, 0.5) is 4.39 Å². The Hall–Kier alpha value is -1.33. The zero-order valence-corrected chi connectivity index (χ0v) is 14.8. The molecule has 4 nitrogen and oxygen atoms in total. The van der Waals surface area contributed by atoms with Crippen LogP contribution >= 0.6 is 11.6 Å². The molecule has 1 aliphatic rings. The molecule has 1 aliphatic heterocycles. The zero-order valence-electron chi connectivity index (χ0n) is 14.1. The molecule has 23 heavy (non-hydrogen) atoms. The second-order valence-electron chi connectivity index (χ2n) is 6.22. The average molecular weight is 341 g/mol. The highest BCUT2D eigenvalue weighted by Crippen LogP contribution is 2.16. The monoisotopic (exact) mass is 340 g/mol. The standard InChI is InChI=1S/C17H26ClFN4/c1-12(2)23-8-6-14(7-9-23)22-17(20-3)21-11-13-4-5-16(19)15(18)10-13/h4-5,10,12,14H,6-9,11H2,1-3H3,(H2,20,21,22). The van der Waals surface area contributed by atoms with E-state index in [4.69, 9.17) is 11.6 Å². The van der Waals surface area contributed by atoms with Gasteiger partial charge in [-0.05, 0) is 44.4 Å². The molecule has 1 heterocycles. The Balaban J connectivity index is 1.81. The van der Waals surface area contributed by atoms with Crippen LogP contribution in [-0.2, 0) is 6.54 Å². The summed E-state index contributed by atoms with van der Waals surface area (Å²) in [6.45, 7) is 7.26. The number of hydrogen-bond donors (Lipinski definition) is 2. The molecule has 0 unspecified atom stereocenters. The molecule has 0 spiro atoms. The lowest BCUT2D eigenvalue weighted by molar-refractivity contribution is 0.167. The van der Waals surface area contributed by atoms with Crippen molar-refractivity contribution in [2.24, 2.45) is 4.99 Å². The van der Waals surface area contributed by atoms with Gasteiger partial charge in [0, 0.05) is 38.8 Å². The number of piperidine rings is 1. The maximum Gasteiger partial charge on any atom is 0.191 e. The second kappa shape index (κ2) is 8.50. The van der Waals surface area contributed by atoms with Gasteiger partial charge in [-0.15, -0.1) is 0 Å². The minimum Gasteiger partial charge on any atom is -0.354 e. The topological polar surface area (TPSA) is 39.7 Å². The minimum atomic E-state index is -0.394. The predicted molar refractivity (Wildman–Crippen MR) is 94.5 cm³/mol. The van der Waals surface area contributed by atoms with E-state index in [2.05, 4.69) is 34.4 Å². The number of benzene rings is 1. The van der Waals surface area contributed by atoms with E-state index in [0.717, 1.165) is 37.5 Å².